The molecule has 0 fully saturated rings. The van der Waals surface area contributed by atoms with Gasteiger partial charge in [-0.1, -0.05) is 20.8 Å². The van der Waals surface area contributed by atoms with Crippen LogP contribution in [-0.2, 0) is 5.41 Å². The predicted molar refractivity (Wildman–Crippen MR) is 67.3 cm³/mol. The third-order valence-electron chi connectivity index (χ3n) is 2.62. The van der Waals surface area contributed by atoms with Crippen molar-refractivity contribution in [3.05, 3.63) is 11.6 Å². The first-order valence-electron chi connectivity index (χ1n) is 6.22. The lowest BCUT2D eigenvalue weighted by atomic mass is 9.96. The Balaban J connectivity index is 2.99. The number of nitrogens with one attached hydrogen (secondary N) is 1. The molecule has 1 rings (SSSR count). The maximum atomic E-state index is 12.5. The Morgan fingerprint density at radius 3 is 2.20 bits per heavy atom. The van der Waals surface area contributed by atoms with Gasteiger partial charge >= 0.3 is 6.18 Å². The summed E-state index contributed by atoms with van der Waals surface area (Å²) >= 11 is 0. The average molecular weight is 292 g/mol. The molecule has 8 heteroatoms. The number of H-pyrrole nitrogens is 1. The lowest BCUT2D eigenvalue weighted by Gasteiger charge is -2.26. The van der Waals surface area contributed by atoms with E-state index in [0.717, 1.165) is 0 Å². The van der Waals surface area contributed by atoms with Crippen molar-refractivity contribution in [2.75, 3.05) is 6.54 Å². The summed E-state index contributed by atoms with van der Waals surface area (Å²) in [6.07, 6.45) is -4.46. The number of halogens is 3. The van der Waals surface area contributed by atoms with E-state index in [2.05, 4.69) is 15.2 Å². The second-order valence-corrected chi connectivity index (χ2v) is 5.90. The maximum Gasteiger partial charge on any atom is 0.406 e. The van der Waals surface area contributed by atoms with Crippen LogP contribution in [0.15, 0.2) is 0 Å². The minimum Gasteiger partial charge on any atom is -0.324 e. The molecule has 1 aromatic heterocycles. The highest BCUT2D eigenvalue weighted by atomic mass is 19.4. The first kappa shape index (κ1) is 16.5. The molecule has 5 nitrogen and oxygen atoms in total. The van der Waals surface area contributed by atoms with Gasteiger partial charge in [0.1, 0.15) is 12.4 Å². The largest absolute Gasteiger partial charge is 0.406 e. The van der Waals surface area contributed by atoms with Gasteiger partial charge in [-0.3, -0.25) is 9.89 Å². The average Bonchev–Trinajstić information content (AvgIpc) is 2.72. The molecule has 20 heavy (non-hydrogen) atoms. The van der Waals surface area contributed by atoms with Crippen molar-refractivity contribution in [2.24, 2.45) is 0 Å². The lowest BCUT2D eigenvalue weighted by Crippen LogP contribution is -2.43. The van der Waals surface area contributed by atoms with Crippen LogP contribution in [0.5, 0.6) is 0 Å². The summed E-state index contributed by atoms with van der Waals surface area (Å²) < 4.78 is 37.5. The van der Waals surface area contributed by atoms with Gasteiger partial charge in [-0.15, -0.1) is 5.10 Å². The predicted octanol–water partition coefficient (Wildman–Crippen LogP) is 2.52. The first-order valence-corrected chi connectivity index (χ1v) is 6.22. The molecule has 0 unspecified atom stereocenters. The highest BCUT2D eigenvalue weighted by Gasteiger charge is 2.36. The molecule has 0 aliphatic heterocycles. The van der Waals surface area contributed by atoms with Crippen LogP contribution in [0.1, 0.15) is 51.1 Å². The summed E-state index contributed by atoms with van der Waals surface area (Å²) in [6, 6.07) is -0.597. The third kappa shape index (κ3) is 4.21. The van der Waals surface area contributed by atoms with Crippen LogP contribution in [0.3, 0.4) is 0 Å². The van der Waals surface area contributed by atoms with Crippen molar-refractivity contribution >= 4 is 5.91 Å². The van der Waals surface area contributed by atoms with Crippen molar-refractivity contribution in [3.63, 3.8) is 0 Å². The number of nitrogens with zero attached hydrogens (tertiary/aromatic N) is 3. The topological polar surface area (TPSA) is 61.9 Å². The number of carbonyl (C=O) groups excluding carboxylic acids is 1. The summed E-state index contributed by atoms with van der Waals surface area (Å²) in [5, 5.41) is 6.31. The van der Waals surface area contributed by atoms with E-state index in [1.165, 1.54) is 13.8 Å². The third-order valence-corrected chi connectivity index (χ3v) is 2.62. The highest BCUT2D eigenvalue weighted by molar-refractivity contribution is 5.90. The van der Waals surface area contributed by atoms with Crippen molar-refractivity contribution in [1.82, 2.24) is 20.1 Å². The second kappa shape index (κ2) is 5.41. The molecular formula is C12H19F3N4O. The van der Waals surface area contributed by atoms with Crippen LogP contribution in [0, 0.1) is 0 Å². The van der Waals surface area contributed by atoms with Gasteiger partial charge in [0.15, 0.2) is 0 Å². The normalized spacial score (nSPS) is 12.8. The number of alkyl halides is 3. The Morgan fingerprint density at radius 1 is 1.30 bits per heavy atom. The smallest absolute Gasteiger partial charge is 0.324 e. The van der Waals surface area contributed by atoms with Crippen molar-refractivity contribution in [2.45, 2.75) is 52.3 Å². The van der Waals surface area contributed by atoms with Gasteiger partial charge in [-0.05, 0) is 13.8 Å². The van der Waals surface area contributed by atoms with Crippen LogP contribution in [-0.4, -0.2) is 44.8 Å². The quantitative estimate of drug-likeness (QED) is 0.931. The zero-order valence-electron chi connectivity index (χ0n) is 12.2. The minimum atomic E-state index is -4.46. The summed E-state index contributed by atoms with van der Waals surface area (Å²) in [5.41, 5.74) is -0.363. The van der Waals surface area contributed by atoms with Gasteiger partial charge < -0.3 is 4.90 Å². The molecule has 0 spiro atoms. The standard InChI is InChI=1S/C12H19F3N4O/c1-7(2)19(6-12(13,14)15)9(20)8-16-10(18-17-8)11(3,4)5/h7H,6H2,1-5H3,(H,16,17,18). The van der Waals surface area contributed by atoms with E-state index >= 15 is 0 Å². The summed E-state index contributed by atoms with van der Waals surface area (Å²) in [5.74, 6) is -0.617. The van der Waals surface area contributed by atoms with E-state index in [-0.39, 0.29) is 11.2 Å². The Kier molecular flexibility index (Phi) is 4.45. The number of carbonyl (C=O) groups is 1. The van der Waals surface area contributed by atoms with Crippen LogP contribution >= 0.6 is 0 Å². The Labute approximate surface area is 115 Å². The van der Waals surface area contributed by atoms with Gasteiger partial charge in [0.05, 0.1) is 0 Å². The monoisotopic (exact) mass is 292 g/mol. The van der Waals surface area contributed by atoms with Crippen molar-refractivity contribution in [1.29, 1.82) is 0 Å². The molecular weight excluding hydrogens is 273 g/mol. The zero-order chi connectivity index (χ0) is 15.7. The lowest BCUT2D eigenvalue weighted by molar-refractivity contribution is -0.143. The Bertz CT molecular complexity index is 474. The van der Waals surface area contributed by atoms with Gasteiger partial charge in [0.25, 0.3) is 5.91 Å². The fraction of sp³-hybridized carbons (Fsp3) is 0.750. The SMILES string of the molecule is CC(C)N(CC(F)(F)F)C(=O)c1n[nH]c(C(C)(C)C)n1. The van der Waals surface area contributed by atoms with Crippen molar-refractivity contribution < 1.29 is 18.0 Å². The minimum absolute atomic E-state index is 0.243. The molecule has 114 valence electrons. The molecule has 0 radical (unpaired) electrons. The molecule has 1 heterocycles. The maximum absolute atomic E-state index is 12.5. The van der Waals surface area contributed by atoms with Crippen LogP contribution < -0.4 is 0 Å². The second-order valence-electron chi connectivity index (χ2n) is 5.90. The van der Waals surface area contributed by atoms with E-state index < -0.39 is 24.7 Å². The van der Waals surface area contributed by atoms with E-state index in [1.807, 2.05) is 20.8 Å². The zero-order valence-corrected chi connectivity index (χ0v) is 12.2. The van der Waals surface area contributed by atoms with E-state index in [4.69, 9.17) is 0 Å². The molecule has 1 N–H and O–H groups in total. The summed E-state index contributed by atoms with van der Waals surface area (Å²) in [7, 11) is 0. The van der Waals surface area contributed by atoms with Gasteiger partial charge in [0.2, 0.25) is 5.82 Å². The summed E-state index contributed by atoms with van der Waals surface area (Å²) in [6.45, 7) is 7.29. The number of aromatic nitrogens is 3. The molecule has 0 aromatic carbocycles. The first-order chi connectivity index (χ1) is 8.92. The molecule has 0 saturated heterocycles. The number of aromatic amines is 1. The molecule has 0 aliphatic rings. The van der Waals surface area contributed by atoms with Crippen LogP contribution in [0.2, 0.25) is 0 Å². The van der Waals surface area contributed by atoms with E-state index in [1.54, 1.807) is 0 Å². The summed E-state index contributed by atoms with van der Waals surface area (Å²) in [4.78, 5) is 16.8. The molecule has 0 bridgehead atoms. The van der Waals surface area contributed by atoms with Gasteiger partial charge in [-0.25, -0.2) is 4.98 Å². The number of hydrogen-bond donors (Lipinski definition) is 1. The van der Waals surface area contributed by atoms with E-state index in [0.29, 0.717) is 10.7 Å². The molecule has 1 aromatic rings. The number of rotatable bonds is 3. The Hall–Kier alpha value is -1.60. The molecule has 1 amide bonds. The fourth-order valence-corrected chi connectivity index (χ4v) is 1.50. The molecule has 0 saturated carbocycles. The van der Waals surface area contributed by atoms with E-state index in [9.17, 15) is 18.0 Å². The molecule has 0 aliphatic carbocycles. The number of hydrogen-bond acceptors (Lipinski definition) is 3. The van der Waals surface area contributed by atoms with Crippen molar-refractivity contribution in [3.8, 4) is 0 Å². The van der Waals surface area contributed by atoms with Gasteiger partial charge in [0, 0.05) is 11.5 Å². The van der Waals surface area contributed by atoms with Crippen LogP contribution in [0.4, 0.5) is 13.2 Å². The highest BCUT2D eigenvalue weighted by Crippen LogP contribution is 2.21. The fourth-order valence-electron chi connectivity index (χ4n) is 1.50. The van der Waals surface area contributed by atoms with Gasteiger partial charge in [-0.2, -0.15) is 13.2 Å². The Morgan fingerprint density at radius 2 is 1.85 bits per heavy atom. The van der Waals surface area contributed by atoms with Crippen LogP contribution in [0.25, 0.3) is 0 Å². The molecule has 0 atom stereocenters. The number of amides is 1.